The second kappa shape index (κ2) is 5.88. The minimum absolute atomic E-state index is 0.0115. The van der Waals surface area contributed by atoms with Crippen LogP contribution in [0.5, 0.6) is 0 Å². The molecule has 8 heteroatoms. The third-order valence-corrected chi connectivity index (χ3v) is 3.44. The molecule has 21 heavy (non-hydrogen) atoms. The topological polar surface area (TPSA) is 106 Å². The molecule has 0 spiro atoms. The van der Waals surface area contributed by atoms with Gasteiger partial charge in [-0.3, -0.25) is 10.1 Å². The molecule has 0 bridgehead atoms. The molecular weight excluding hydrogens is 294 g/mol. The van der Waals surface area contributed by atoms with Gasteiger partial charge in [-0.25, -0.2) is 14.8 Å². The standard InChI is InChI=1S/C13H11N3O4S/c1-7-5-8(2)14-11(6-7)21-12-10(16(19)20)4-3-9(15-12)13(17)18/h3-6H,1-2H3,(H,17,18). The monoisotopic (exact) mass is 305 g/mol. The summed E-state index contributed by atoms with van der Waals surface area (Å²) in [5, 5.41) is 20.5. The minimum Gasteiger partial charge on any atom is -0.477 e. The van der Waals surface area contributed by atoms with Crippen molar-refractivity contribution in [3.05, 3.63) is 51.3 Å². The third kappa shape index (κ3) is 3.54. The van der Waals surface area contributed by atoms with Gasteiger partial charge in [-0.1, -0.05) is 0 Å². The van der Waals surface area contributed by atoms with Crippen LogP contribution in [0.25, 0.3) is 0 Å². The van der Waals surface area contributed by atoms with E-state index < -0.39 is 10.9 Å². The Morgan fingerprint density at radius 1 is 1.29 bits per heavy atom. The maximum atomic E-state index is 11.0. The summed E-state index contributed by atoms with van der Waals surface area (Å²) in [6.45, 7) is 3.70. The van der Waals surface area contributed by atoms with Crippen LogP contribution in [0, 0.1) is 24.0 Å². The molecule has 0 unspecified atom stereocenters. The van der Waals surface area contributed by atoms with E-state index in [1.807, 2.05) is 19.9 Å². The molecular formula is C13H11N3O4S. The Hall–Kier alpha value is -2.48. The van der Waals surface area contributed by atoms with Crippen LogP contribution in [-0.2, 0) is 0 Å². The summed E-state index contributed by atoms with van der Waals surface area (Å²) < 4.78 is 0. The number of aromatic nitrogens is 2. The molecule has 2 aromatic heterocycles. The van der Waals surface area contributed by atoms with E-state index in [0.717, 1.165) is 35.2 Å². The SMILES string of the molecule is Cc1cc(C)nc(Sc2nc(C(=O)O)ccc2[N+](=O)[O-])c1. The highest BCUT2D eigenvalue weighted by Crippen LogP contribution is 2.32. The van der Waals surface area contributed by atoms with Crippen LogP contribution in [0.15, 0.2) is 34.3 Å². The molecule has 2 heterocycles. The van der Waals surface area contributed by atoms with Crippen LogP contribution < -0.4 is 0 Å². The number of rotatable bonds is 4. The number of nitrogens with zero attached hydrogens (tertiary/aromatic N) is 3. The van der Waals surface area contributed by atoms with Crippen LogP contribution in [-0.4, -0.2) is 26.0 Å². The second-order valence-electron chi connectivity index (χ2n) is 4.31. The van der Waals surface area contributed by atoms with E-state index in [1.165, 1.54) is 0 Å². The molecule has 0 saturated carbocycles. The van der Waals surface area contributed by atoms with Crippen molar-refractivity contribution in [1.29, 1.82) is 0 Å². The number of nitro groups is 1. The zero-order valence-electron chi connectivity index (χ0n) is 11.2. The number of aryl methyl sites for hydroxylation is 2. The summed E-state index contributed by atoms with van der Waals surface area (Å²) >= 11 is 0.975. The lowest BCUT2D eigenvalue weighted by molar-refractivity contribution is -0.388. The van der Waals surface area contributed by atoms with E-state index in [0.29, 0.717) is 5.03 Å². The predicted octanol–water partition coefficient (Wildman–Crippen LogP) is 2.85. The van der Waals surface area contributed by atoms with Crippen LogP contribution in [0.3, 0.4) is 0 Å². The van der Waals surface area contributed by atoms with Gasteiger partial charge in [-0.15, -0.1) is 0 Å². The van der Waals surface area contributed by atoms with Gasteiger partial charge in [0.2, 0.25) is 0 Å². The molecule has 2 aromatic rings. The van der Waals surface area contributed by atoms with Crippen LogP contribution in [0.1, 0.15) is 21.7 Å². The van der Waals surface area contributed by atoms with Gasteiger partial charge in [0.05, 0.1) is 4.92 Å². The van der Waals surface area contributed by atoms with E-state index in [9.17, 15) is 14.9 Å². The van der Waals surface area contributed by atoms with Crippen molar-refractivity contribution in [3.63, 3.8) is 0 Å². The van der Waals surface area contributed by atoms with E-state index in [-0.39, 0.29) is 16.4 Å². The average Bonchev–Trinajstić information content (AvgIpc) is 2.36. The Morgan fingerprint density at radius 3 is 2.57 bits per heavy atom. The van der Waals surface area contributed by atoms with Gasteiger partial charge in [-0.05, 0) is 49.4 Å². The van der Waals surface area contributed by atoms with Crippen molar-refractivity contribution in [2.75, 3.05) is 0 Å². The normalized spacial score (nSPS) is 10.4. The van der Waals surface area contributed by atoms with E-state index in [2.05, 4.69) is 9.97 Å². The number of pyridine rings is 2. The van der Waals surface area contributed by atoms with Crippen molar-refractivity contribution in [2.24, 2.45) is 0 Å². The van der Waals surface area contributed by atoms with Crippen LogP contribution >= 0.6 is 11.8 Å². The summed E-state index contributed by atoms with van der Waals surface area (Å²) in [5.41, 5.74) is 1.25. The number of aromatic carboxylic acids is 1. The summed E-state index contributed by atoms with van der Waals surface area (Å²) in [5.74, 6) is -1.24. The van der Waals surface area contributed by atoms with Gasteiger partial charge >= 0.3 is 11.7 Å². The molecule has 0 aromatic carbocycles. The molecule has 7 nitrogen and oxygen atoms in total. The van der Waals surface area contributed by atoms with Crippen molar-refractivity contribution in [3.8, 4) is 0 Å². The van der Waals surface area contributed by atoms with E-state index in [1.54, 1.807) is 6.07 Å². The van der Waals surface area contributed by atoms with E-state index in [4.69, 9.17) is 5.11 Å². The lowest BCUT2D eigenvalue weighted by Crippen LogP contribution is -2.03. The Kier molecular flexibility index (Phi) is 4.18. The Balaban J connectivity index is 2.47. The van der Waals surface area contributed by atoms with Crippen molar-refractivity contribution in [1.82, 2.24) is 9.97 Å². The van der Waals surface area contributed by atoms with Crippen molar-refractivity contribution in [2.45, 2.75) is 23.9 Å². The van der Waals surface area contributed by atoms with Gasteiger partial charge in [0.1, 0.15) is 10.7 Å². The van der Waals surface area contributed by atoms with E-state index >= 15 is 0 Å². The number of carbonyl (C=O) groups is 1. The average molecular weight is 305 g/mol. The van der Waals surface area contributed by atoms with Crippen LogP contribution in [0.4, 0.5) is 5.69 Å². The third-order valence-electron chi connectivity index (χ3n) is 2.53. The molecule has 0 radical (unpaired) electrons. The van der Waals surface area contributed by atoms with Gasteiger partial charge in [0.15, 0.2) is 5.03 Å². The highest BCUT2D eigenvalue weighted by Gasteiger charge is 2.20. The smallest absolute Gasteiger partial charge is 0.354 e. The minimum atomic E-state index is -1.24. The molecule has 0 saturated heterocycles. The summed E-state index contributed by atoms with van der Waals surface area (Å²) in [7, 11) is 0. The molecule has 1 N–H and O–H groups in total. The Morgan fingerprint density at radius 2 is 2.00 bits per heavy atom. The lowest BCUT2D eigenvalue weighted by Gasteiger charge is -2.05. The molecule has 2 rings (SSSR count). The highest BCUT2D eigenvalue weighted by atomic mass is 32.2. The molecule has 0 fully saturated rings. The first kappa shape index (κ1) is 14.9. The summed E-state index contributed by atoms with van der Waals surface area (Å²) in [6.07, 6.45) is 0. The van der Waals surface area contributed by atoms with Gasteiger partial charge in [-0.2, -0.15) is 0 Å². The van der Waals surface area contributed by atoms with Gasteiger partial charge in [0, 0.05) is 11.8 Å². The highest BCUT2D eigenvalue weighted by molar-refractivity contribution is 7.99. The molecule has 0 amide bonds. The quantitative estimate of drug-likeness (QED) is 0.683. The fourth-order valence-corrected chi connectivity index (χ4v) is 2.75. The first-order valence-electron chi connectivity index (χ1n) is 5.88. The van der Waals surface area contributed by atoms with Crippen molar-refractivity contribution < 1.29 is 14.8 Å². The molecule has 0 aliphatic rings. The maximum Gasteiger partial charge on any atom is 0.354 e. The summed E-state index contributed by atoms with van der Waals surface area (Å²) in [6, 6.07) is 5.89. The Bertz CT molecular complexity index is 713. The first-order valence-corrected chi connectivity index (χ1v) is 6.70. The Labute approximate surface area is 124 Å². The second-order valence-corrected chi connectivity index (χ2v) is 5.32. The fourth-order valence-electron chi connectivity index (χ4n) is 1.72. The summed E-state index contributed by atoms with van der Waals surface area (Å²) in [4.78, 5) is 29.4. The molecule has 108 valence electrons. The molecule has 0 aliphatic carbocycles. The first-order chi connectivity index (χ1) is 9.86. The number of hydrogen-bond donors (Lipinski definition) is 1. The lowest BCUT2D eigenvalue weighted by atomic mass is 10.3. The molecule has 0 aliphatic heterocycles. The zero-order chi connectivity index (χ0) is 15.6. The van der Waals surface area contributed by atoms with Gasteiger partial charge in [0.25, 0.3) is 0 Å². The van der Waals surface area contributed by atoms with Crippen LogP contribution in [0.2, 0.25) is 0 Å². The van der Waals surface area contributed by atoms with Crippen molar-refractivity contribution >= 4 is 23.4 Å². The van der Waals surface area contributed by atoms with Gasteiger partial charge < -0.3 is 5.11 Å². The zero-order valence-corrected chi connectivity index (χ0v) is 12.0. The molecule has 0 atom stereocenters. The number of carboxylic acids is 1. The largest absolute Gasteiger partial charge is 0.477 e. The fraction of sp³-hybridized carbons (Fsp3) is 0.154. The maximum absolute atomic E-state index is 11.0. The predicted molar refractivity (Wildman–Crippen MR) is 75.7 cm³/mol. The number of hydrogen-bond acceptors (Lipinski definition) is 6. The number of carboxylic acid groups (broad SMARTS) is 1.